The van der Waals surface area contributed by atoms with Crippen LogP contribution in [0.15, 0.2) is 81.6 Å². The monoisotopic (exact) mass is 514 g/mol. The lowest BCUT2D eigenvalue weighted by atomic mass is 10.1. The van der Waals surface area contributed by atoms with E-state index >= 15 is 0 Å². The molecule has 0 fully saturated rings. The number of anilines is 1. The Labute approximate surface area is 204 Å². The maximum atomic E-state index is 13.0. The number of carbonyl (C=O) groups excluding carboxylic acids is 1. The van der Waals surface area contributed by atoms with Crippen LogP contribution < -0.4 is 5.32 Å². The van der Waals surface area contributed by atoms with E-state index in [2.05, 4.69) is 10.3 Å². The molecule has 3 aromatic carbocycles. The number of sulfone groups is 1. The van der Waals surface area contributed by atoms with Crippen molar-refractivity contribution in [3.63, 3.8) is 0 Å². The Morgan fingerprint density at radius 3 is 2.52 bits per heavy atom. The molecule has 4 aromatic rings. The zero-order valence-corrected chi connectivity index (χ0v) is 20.1. The van der Waals surface area contributed by atoms with E-state index in [9.17, 15) is 13.2 Å². The SMILES string of the molecule is O=C1Nc2cc(S(=O)(=O)Cc3c(Cl)cccc3Cl)ccc2S/C1=C\c1c[nH]c2ccccc12. The summed E-state index contributed by atoms with van der Waals surface area (Å²) in [5, 5.41) is 4.42. The highest BCUT2D eigenvalue weighted by molar-refractivity contribution is 8.04. The zero-order chi connectivity index (χ0) is 23.2. The number of benzene rings is 3. The second-order valence-corrected chi connectivity index (χ2v) is 11.4. The third kappa shape index (κ3) is 4.29. The molecule has 0 radical (unpaired) electrons. The lowest BCUT2D eigenvalue weighted by molar-refractivity contribution is -0.112. The van der Waals surface area contributed by atoms with Crippen LogP contribution in [0.3, 0.4) is 0 Å². The molecule has 2 heterocycles. The number of hydrogen-bond donors (Lipinski definition) is 2. The van der Waals surface area contributed by atoms with Crippen molar-refractivity contribution in [3.05, 3.63) is 92.9 Å². The van der Waals surface area contributed by atoms with Crippen molar-refractivity contribution >= 4 is 73.4 Å². The number of nitrogens with one attached hydrogen (secondary N) is 2. The normalized spacial score (nSPS) is 15.0. The molecule has 0 bridgehead atoms. The van der Waals surface area contributed by atoms with E-state index in [0.29, 0.717) is 26.2 Å². The smallest absolute Gasteiger partial charge is 0.262 e. The van der Waals surface area contributed by atoms with Crippen molar-refractivity contribution in [3.8, 4) is 0 Å². The van der Waals surface area contributed by atoms with Gasteiger partial charge in [-0.15, -0.1) is 0 Å². The Morgan fingerprint density at radius 2 is 1.73 bits per heavy atom. The van der Waals surface area contributed by atoms with Gasteiger partial charge in [0.2, 0.25) is 0 Å². The Kier molecular flexibility index (Phi) is 5.74. The molecule has 2 N–H and O–H groups in total. The fourth-order valence-electron chi connectivity index (χ4n) is 3.63. The molecule has 0 saturated heterocycles. The molecule has 1 amide bonds. The summed E-state index contributed by atoms with van der Waals surface area (Å²) in [6, 6.07) is 17.4. The minimum Gasteiger partial charge on any atom is -0.361 e. The predicted molar refractivity (Wildman–Crippen MR) is 135 cm³/mol. The summed E-state index contributed by atoms with van der Waals surface area (Å²) in [4.78, 5) is 17.3. The molecular formula is C24H16Cl2N2O3S2. The standard InChI is InChI=1S/C24H16Cl2N2O3S2/c25-18-5-3-6-19(26)17(18)13-33(30,31)15-8-9-22-21(11-15)28-24(29)23(32-22)10-14-12-27-20-7-2-1-4-16(14)20/h1-12,27H,13H2,(H,28,29)/b23-10-. The molecule has 5 rings (SSSR count). The van der Waals surface area contributed by atoms with Crippen LogP contribution in [0.4, 0.5) is 5.69 Å². The van der Waals surface area contributed by atoms with Crippen molar-refractivity contribution in [1.82, 2.24) is 4.98 Å². The number of rotatable bonds is 4. The first-order valence-electron chi connectivity index (χ1n) is 9.88. The number of amides is 1. The van der Waals surface area contributed by atoms with Gasteiger partial charge in [0.05, 0.1) is 21.2 Å². The molecular weight excluding hydrogens is 499 g/mol. The van der Waals surface area contributed by atoms with Gasteiger partial charge >= 0.3 is 0 Å². The molecule has 1 aliphatic heterocycles. The van der Waals surface area contributed by atoms with Crippen LogP contribution in [-0.4, -0.2) is 19.3 Å². The molecule has 0 aliphatic carbocycles. The number of hydrogen-bond acceptors (Lipinski definition) is 4. The van der Waals surface area contributed by atoms with Gasteiger partial charge in [-0.1, -0.05) is 59.2 Å². The van der Waals surface area contributed by atoms with E-state index < -0.39 is 9.84 Å². The topological polar surface area (TPSA) is 79.0 Å². The third-order valence-electron chi connectivity index (χ3n) is 5.31. The molecule has 166 valence electrons. The summed E-state index contributed by atoms with van der Waals surface area (Å²) in [5.74, 6) is -0.627. The van der Waals surface area contributed by atoms with Gasteiger partial charge in [-0.25, -0.2) is 8.42 Å². The maximum absolute atomic E-state index is 13.0. The lowest BCUT2D eigenvalue weighted by Gasteiger charge is -2.19. The van der Waals surface area contributed by atoms with Gasteiger partial charge in [0.15, 0.2) is 9.84 Å². The van der Waals surface area contributed by atoms with Crippen LogP contribution in [-0.2, 0) is 20.4 Å². The highest BCUT2D eigenvalue weighted by atomic mass is 35.5. The van der Waals surface area contributed by atoms with E-state index in [1.54, 1.807) is 24.3 Å². The molecule has 1 aromatic heterocycles. The van der Waals surface area contributed by atoms with E-state index in [4.69, 9.17) is 23.2 Å². The van der Waals surface area contributed by atoms with Crippen LogP contribution in [0.2, 0.25) is 10.0 Å². The van der Waals surface area contributed by atoms with Gasteiger partial charge in [0.1, 0.15) is 0 Å². The molecule has 1 aliphatic rings. The Bertz CT molecular complexity index is 1540. The molecule has 0 saturated carbocycles. The minimum atomic E-state index is -3.74. The summed E-state index contributed by atoms with van der Waals surface area (Å²) in [6.45, 7) is 0. The summed E-state index contributed by atoms with van der Waals surface area (Å²) in [5.41, 5.74) is 2.69. The summed E-state index contributed by atoms with van der Waals surface area (Å²) in [6.07, 6.45) is 3.68. The summed E-state index contributed by atoms with van der Waals surface area (Å²) >= 11 is 13.6. The lowest BCUT2D eigenvalue weighted by Crippen LogP contribution is -2.18. The van der Waals surface area contributed by atoms with Crippen molar-refractivity contribution in [2.45, 2.75) is 15.5 Å². The number of fused-ring (bicyclic) bond motifs is 2. The van der Waals surface area contributed by atoms with Crippen LogP contribution in [0, 0.1) is 0 Å². The first-order valence-corrected chi connectivity index (χ1v) is 13.1. The average Bonchev–Trinajstić information content (AvgIpc) is 3.19. The molecule has 0 unspecified atom stereocenters. The van der Waals surface area contributed by atoms with Gasteiger partial charge in [-0.05, 0) is 42.5 Å². The number of thioether (sulfide) groups is 1. The number of para-hydroxylation sites is 1. The molecule has 9 heteroatoms. The maximum Gasteiger partial charge on any atom is 0.262 e. The second kappa shape index (κ2) is 8.57. The van der Waals surface area contributed by atoms with Gasteiger partial charge in [0, 0.05) is 43.2 Å². The van der Waals surface area contributed by atoms with Crippen molar-refractivity contribution in [2.75, 3.05) is 5.32 Å². The molecule has 0 spiro atoms. The van der Waals surface area contributed by atoms with Crippen LogP contribution in [0.5, 0.6) is 0 Å². The number of H-pyrrole nitrogens is 1. The number of aromatic nitrogens is 1. The predicted octanol–water partition coefficient (Wildman–Crippen LogP) is 6.53. The van der Waals surface area contributed by atoms with Gasteiger partial charge in [-0.2, -0.15) is 0 Å². The summed E-state index contributed by atoms with van der Waals surface area (Å²) < 4.78 is 26.0. The van der Waals surface area contributed by atoms with E-state index in [1.165, 1.54) is 23.9 Å². The minimum absolute atomic E-state index is 0.0854. The van der Waals surface area contributed by atoms with Gasteiger partial charge in [-0.3, -0.25) is 4.79 Å². The van der Waals surface area contributed by atoms with Crippen LogP contribution in [0.25, 0.3) is 17.0 Å². The Hall–Kier alpha value is -2.71. The van der Waals surface area contributed by atoms with E-state index in [1.807, 2.05) is 36.5 Å². The highest BCUT2D eigenvalue weighted by Gasteiger charge is 2.25. The highest BCUT2D eigenvalue weighted by Crippen LogP contribution is 2.41. The quantitative estimate of drug-likeness (QED) is 0.303. The van der Waals surface area contributed by atoms with E-state index in [-0.39, 0.29) is 16.6 Å². The average molecular weight is 515 g/mol. The van der Waals surface area contributed by atoms with Crippen molar-refractivity contribution < 1.29 is 13.2 Å². The second-order valence-electron chi connectivity index (χ2n) is 7.47. The summed E-state index contributed by atoms with van der Waals surface area (Å²) in [7, 11) is -3.74. The largest absolute Gasteiger partial charge is 0.361 e. The van der Waals surface area contributed by atoms with Crippen molar-refractivity contribution in [1.29, 1.82) is 0 Å². The van der Waals surface area contributed by atoms with Gasteiger partial charge < -0.3 is 10.3 Å². The Balaban J connectivity index is 1.45. The Morgan fingerprint density at radius 1 is 0.970 bits per heavy atom. The van der Waals surface area contributed by atoms with Gasteiger partial charge in [0.25, 0.3) is 5.91 Å². The number of aromatic amines is 1. The third-order valence-corrected chi connectivity index (χ3v) is 8.75. The number of carbonyl (C=O) groups is 1. The fourth-order valence-corrected chi connectivity index (χ4v) is 6.67. The first kappa shape index (κ1) is 22.1. The molecule has 33 heavy (non-hydrogen) atoms. The zero-order valence-electron chi connectivity index (χ0n) is 16.9. The molecule has 0 atom stereocenters. The van der Waals surface area contributed by atoms with Crippen LogP contribution >= 0.6 is 35.0 Å². The number of halogens is 2. The van der Waals surface area contributed by atoms with Crippen LogP contribution in [0.1, 0.15) is 11.1 Å². The van der Waals surface area contributed by atoms with E-state index in [0.717, 1.165) is 21.4 Å². The first-order chi connectivity index (χ1) is 15.8. The molecule has 5 nitrogen and oxygen atoms in total. The van der Waals surface area contributed by atoms with Crippen molar-refractivity contribution in [2.24, 2.45) is 0 Å². The fraction of sp³-hybridized carbons (Fsp3) is 0.0417.